The van der Waals surface area contributed by atoms with Gasteiger partial charge < -0.3 is 4.74 Å². The van der Waals surface area contributed by atoms with Crippen LogP contribution in [0, 0.1) is 10.1 Å². The van der Waals surface area contributed by atoms with Crippen molar-refractivity contribution in [3.05, 3.63) is 54.7 Å². The van der Waals surface area contributed by atoms with Crippen molar-refractivity contribution in [2.24, 2.45) is 0 Å². The highest BCUT2D eigenvalue weighted by Crippen LogP contribution is 2.30. The van der Waals surface area contributed by atoms with E-state index in [-0.39, 0.29) is 5.69 Å². The Balaban J connectivity index is 2.17. The number of thiophene rings is 1. The molecule has 100 valence electrons. The molecule has 0 radical (unpaired) electrons. The fourth-order valence-electron chi connectivity index (χ4n) is 1.49. The van der Waals surface area contributed by atoms with Gasteiger partial charge in [0.25, 0.3) is 0 Å². The molecule has 0 spiro atoms. The predicted molar refractivity (Wildman–Crippen MR) is 82.1 cm³/mol. The molecule has 0 amide bonds. The molecular formula is C12H9Br2NO3S. The monoisotopic (exact) mass is 405 g/mol. The molecule has 0 N–H and O–H groups in total. The summed E-state index contributed by atoms with van der Waals surface area (Å²) in [5.41, 5.74) is 0.838. The van der Waals surface area contributed by atoms with E-state index < -0.39 is 4.92 Å². The number of ether oxygens (including phenoxy) is 1. The van der Waals surface area contributed by atoms with Gasteiger partial charge in [-0.15, -0.1) is 11.3 Å². The van der Waals surface area contributed by atoms with E-state index in [2.05, 4.69) is 31.9 Å². The zero-order valence-corrected chi connectivity index (χ0v) is 13.6. The number of hydrogen-bond donors (Lipinski definition) is 0. The maximum absolute atomic E-state index is 11.0. The molecule has 19 heavy (non-hydrogen) atoms. The molecule has 2 rings (SSSR count). The van der Waals surface area contributed by atoms with Crippen LogP contribution in [0.2, 0.25) is 0 Å². The Morgan fingerprint density at radius 2 is 2.16 bits per heavy atom. The first kappa shape index (κ1) is 14.5. The lowest BCUT2D eigenvalue weighted by Crippen LogP contribution is -1.98. The van der Waals surface area contributed by atoms with E-state index >= 15 is 0 Å². The molecular weight excluding hydrogens is 398 g/mol. The summed E-state index contributed by atoms with van der Waals surface area (Å²) in [6, 6.07) is 6.90. The molecule has 0 bridgehead atoms. The summed E-state index contributed by atoms with van der Waals surface area (Å²) in [6.07, 6.45) is 0. The van der Waals surface area contributed by atoms with E-state index in [1.54, 1.807) is 23.5 Å². The second-order valence-corrected chi connectivity index (χ2v) is 6.18. The summed E-state index contributed by atoms with van der Waals surface area (Å²) < 4.78 is 6.52. The highest BCUT2D eigenvalue weighted by Gasteiger charge is 2.16. The van der Waals surface area contributed by atoms with Crippen LogP contribution in [-0.4, -0.2) is 4.92 Å². The van der Waals surface area contributed by atoms with Crippen LogP contribution in [-0.2, 0) is 11.9 Å². The molecule has 0 fully saturated rings. The van der Waals surface area contributed by atoms with E-state index in [0.29, 0.717) is 17.7 Å². The van der Waals surface area contributed by atoms with Crippen LogP contribution in [0.4, 0.5) is 5.69 Å². The van der Waals surface area contributed by atoms with Gasteiger partial charge >= 0.3 is 5.69 Å². The summed E-state index contributed by atoms with van der Waals surface area (Å²) in [4.78, 5) is 11.6. The smallest absolute Gasteiger partial charge is 0.311 e. The lowest BCUT2D eigenvalue weighted by Gasteiger charge is -2.06. The van der Waals surface area contributed by atoms with Gasteiger partial charge in [0.05, 0.1) is 4.92 Å². The maximum Gasteiger partial charge on any atom is 0.311 e. The van der Waals surface area contributed by atoms with Crippen molar-refractivity contribution >= 4 is 48.9 Å². The Morgan fingerprint density at radius 3 is 2.74 bits per heavy atom. The van der Waals surface area contributed by atoms with E-state index in [4.69, 9.17) is 4.74 Å². The van der Waals surface area contributed by atoms with Gasteiger partial charge in [-0.05, 0) is 33.6 Å². The molecule has 4 nitrogen and oxygen atoms in total. The van der Waals surface area contributed by atoms with Gasteiger partial charge in [-0.1, -0.05) is 22.0 Å². The molecule has 0 aliphatic rings. The van der Waals surface area contributed by atoms with Gasteiger partial charge in [-0.3, -0.25) is 10.1 Å². The Bertz CT molecular complexity index is 600. The van der Waals surface area contributed by atoms with Gasteiger partial charge in [0, 0.05) is 26.1 Å². The molecule has 2 aromatic rings. The molecule has 0 atom stereocenters. The Kier molecular flexibility index (Phi) is 4.95. The van der Waals surface area contributed by atoms with Crippen LogP contribution in [0.25, 0.3) is 0 Å². The van der Waals surface area contributed by atoms with Crippen molar-refractivity contribution in [3.63, 3.8) is 0 Å². The zero-order valence-electron chi connectivity index (χ0n) is 9.64. The van der Waals surface area contributed by atoms with Crippen molar-refractivity contribution < 1.29 is 9.66 Å². The van der Waals surface area contributed by atoms with Crippen LogP contribution in [0.3, 0.4) is 0 Å². The number of rotatable bonds is 5. The first-order chi connectivity index (χ1) is 9.10. The van der Waals surface area contributed by atoms with Gasteiger partial charge in [-0.25, -0.2) is 0 Å². The van der Waals surface area contributed by atoms with Gasteiger partial charge in [0.15, 0.2) is 5.75 Å². The van der Waals surface area contributed by atoms with Crippen LogP contribution in [0.5, 0.6) is 5.75 Å². The highest BCUT2D eigenvalue weighted by atomic mass is 79.9. The largest absolute Gasteiger partial charge is 0.481 e. The number of halogens is 2. The third kappa shape index (κ3) is 3.77. The van der Waals surface area contributed by atoms with Crippen molar-refractivity contribution in [2.75, 3.05) is 0 Å². The minimum Gasteiger partial charge on any atom is -0.481 e. The molecule has 0 saturated heterocycles. The Morgan fingerprint density at radius 1 is 1.37 bits per heavy atom. The molecule has 0 unspecified atom stereocenters. The summed E-state index contributed by atoms with van der Waals surface area (Å²) in [7, 11) is 0. The lowest BCUT2D eigenvalue weighted by atomic mass is 10.2. The average molecular weight is 407 g/mol. The fourth-order valence-corrected chi connectivity index (χ4v) is 3.20. The minimum absolute atomic E-state index is 0.00688. The number of nitro groups is 1. The number of nitro benzene ring substituents is 1. The zero-order chi connectivity index (χ0) is 13.8. The third-order valence-electron chi connectivity index (χ3n) is 2.37. The second-order valence-electron chi connectivity index (χ2n) is 3.71. The SMILES string of the molecule is O=[N+]([O-])c1cc(CBr)ccc1OCc1cc(Br)cs1. The van der Waals surface area contributed by atoms with E-state index in [9.17, 15) is 10.1 Å². The number of hydrogen-bond acceptors (Lipinski definition) is 4. The second kappa shape index (κ2) is 6.49. The average Bonchev–Trinajstić information content (AvgIpc) is 2.82. The maximum atomic E-state index is 11.0. The van der Waals surface area contributed by atoms with Gasteiger partial charge in [0.2, 0.25) is 0 Å². The number of nitrogens with zero attached hydrogens (tertiary/aromatic N) is 1. The van der Waals surface area contributed by atoms with E-state index in [1.165, 1.54) is 6.07 Å². The third-order valence-corrected chi connectivity index (χ3v) is 4.68. The van der Waals surface area contributed by atoms with Gasteiger partial charge in [0.1, 0.15) is 6.61 Å². The van der Waals surface area contributed by atoms with Crippen LogP contribution >= 0.6 is 43.2 Å². The van der Waals surface area contributed by atoms with Crippen LogP contribution in [0.15, 0.2) is 34.1 Å². The number of alkyl halides is 1. The molecule has 1 aromatic carbocycles. The standard InChI is InChI=1S/C12H9Br2NO3S/c13-5-8-1-2-12(11(3-8)15(16)17)18-6-10-4-9(14)7-19-10/h1-4,7H,5-6H2. The fraction of sp³-hybridized carbons (Fsp3) is 0.167. The molecule has 1 aromatic heterocycles. The van der Waals surface area contributed by atoms with E-state index in [0.717, 1.165) is 14.9 Å². The molecule has 0 saturated carbocycles. The Labute approximate surface area is 130 Å². The van der Waals surface area contributed by atoms with Crippen molar-refractivity contribution in [1.29, 1.82) is 0 Å². The van der Waals surface area contributed by atoms with Crippen molar-refractivity contribution in [1.82, 2.24) is 0 Å². The molecule has 0 aliphatic heterocycles. The molecule has 1 heterocycles. The van der Waals surface area contributed by atoms with Gasteiger partial charge in [-0.2, -0.15) is 0 Å². The van der Waals surface area contributed by atoms with E-state index in [1.807, 2.05) is 11.4 Å². The number of benzene rings is 1. The first-order valence-electron chi connectivity index (χ1n) is 5.29. The predicted octanol–water partition coefficient (Wildman–Crippen LogP) is 4.89. The first-order valence-corrected chi connectivity index (χ1v) is 8.08. The summed E-state index contributed by atoms with van der Waals surface area (Å²) in [6.45, 7) is 0.324. The molecule has 0 aliphatic carbocycles. The van der Waals surface area contributed by atoms with Crippen LogP contribution in [0.1, 0.15) is 10.4 Å². The summed E-state index contributed by atoms with van der Waals surface area (Å²) in [5, 5.41) is 13.5. The topological polar surface area (TPSA) is 52.4 Å². The van der Waals surface area contributed by atoms with Crippen molar-refractivity contribution in [2.45, 2.75) is 11.9 Å². The summed E-state index contributed by atoms with van der Waals surface area (Å²) in [5.74, 6) is 0.291. The minimum atomic E-state index is -0.425. The highest BCUT2D eigenvalue weighted by molar-refractivity contribution is 9.10. The Hall–Kier alpha value is -0.920. The van der Waals surface area contributed by atoms with Crippen LogP contribution < -0.4 is 4.74 Å². The normalized spacial score (nSPS) is 10.4. The quantitative estimate of drug-likeness (QED) is 0.403. The lowest BCUT2D eigenvalue weighted by molar-refractivity contribution is -0.386. The van der Waals surface area contributed by atoms with Crippen molar-refractivity contribution in [3.8, 4) is 5.75 Å². The summed E-state index contributed by atoms with van der Waals surface area (Å²) >= 11 is 8.17. The molecule has 7 heteroatoms.